The molecule has 1 heterocycles. The highest BCUT2D eigenvalue weighted by atomic mass is 16.5. The molecule has 0 radical (unpaired) electrons. The fraction of sp³-hybridized carbons (Fsp3) is 0.238. The molecule has 2 aromatic carbocycles. The number of nitrogens with one attached hydrogen (secondary N) is 1. The predicted octanol–water partition coefficient (Wildman–Crippen LogP) is 3.49. The van der Waals surface area contributed by atoms with E-state index in [9.17, 15) is 4.79 Å². The normalized spacial score (nSPS) is 10.6. The van der Waals surface area contributed by atoms with E-state index in [1.807, 2.05) is 61.0 Å². The first-order valence-corrected chi connectivity index (χ1v) is 8.58. The highest BCUT2D eigenvalue weighted by Crippen LogP contribution is 2.18. The number of aryl methyl sites for hydroxylation is 1. The van der Waals surface area contributed by atoms with Crippen molar-refractivity contribution in [2.24, 2.45) is 0 Å². The lowest BCUT2D eigenvalue weighted by Gasteiger charge is -2.10. The number of ether oxygens (including phenoxy) is 1. The maximum Gasteiger partial charge on any atom is 0.255 e. The summed E-state index contributed by atoms with van der Waals surface area (Å²) in [4.78, 5) is 12.7. The number of benzene rings is 2. The summed E-state index contributed by atoms with van der Waals surface area (Å²) in [5.41, 5.74) is 4.32. The van der Waals surface area contributed by atoms with E-state index in [2.05, 4.69) is 22.5 Å². The predicted molar refractivity (Wildman–Crippen MR) is 101 cm³/mol. The molecule has 0 bridgehead atoms. The van der Waals surface area contributed by atoms with Gasteiger partial charge in [-0.05, 0) is 25.5 Å². The average molecular weight is 349 g/mol. The minimum Gasteiger partial charge on any atom is -0.496 e. The van der Waals surface area contributed by atoms with Gasteiger partial charge in [0.1, 0.15) is 5.75 Å². The van der Waals surface area contributed by atoms with Gasteiger partial charge >= 0.3 is 0 Å². The van der Waals surface area contributed by atoms with Crippen molar-refractivity contribution in [1.29, 1.82) is 0 Å². The van der Waals surface area contributed by atoms with Crippen molar-refractivity contribution in [2.45, 2.75) is 26.9 Å². The van der Waals surface area contributed by atoms with Crippen molar-refractivity contribution in [3.63, 3.8) is 0 Å². The molecule has 5 nitrogen and oxygen atoms in total. The maximum atomic E-state index is 12.7. The van der Waals surface area contributed by atoms with E-state index in [1.54, 1.807) is 7.11 Å². The number of rotatable bonds is 6. The van der Waals surface area contributed by atoms with Crippen LogP contribution in [0.15, 0.2) is 54.6 Å². The van der Waals surface area contributed by atoms with Crippen LogP contribution in [0.3, 0.4) is 0 Å². The molecule has 0 saturated heterocycles. The second-order valence-electron chi connectivity index (χ2n) is 6.18. The van der Waals surface area contributed by atoms with Crippen LogP contribution in [0, 0.1) is 13.8 Å². The zero-order valence-electron chi connectivity index (χ0n) is 15.3. The Hall–Kier alpha value is -3.08. The average Bonchev–Trinajstić information content (AvgIpc) is 2.94. The molecule has 3 rings (SSSR count). The summed E-state index contributed by atoms with van der Waals surface area (Å²) >= 11 is 0. The molecule has 0 fully saturated rings. The molecule has 1 amide bonds. The summed E-state index contributed by atoms with van der Waals surface area (Å²) in [6, 6.07) is 17.8. The van der Waals surface area contributed by atoms with E-state index >= 15 is 0 Å². The molecule has 0 saturated carbocycles. The fourth-order valence-corrected chi connectivity index (χ4v) is 3.05. The van der Waals surface area contributed by atoms with Crippen LogP contribution in [0.1, 0.15) is 32.9 Å². The maximum absolute atomic E-state index is 12.7. The topological polar surface area (TPSA) is 56.1 Å². The molecule has 3 aromatic rings. The van der Waals surface area contributed by atoms with E-state index < -0.39 is 0 Å². The van der Waals surface area contributed by atoms with Gasteiger partial charge in [0, 0.05) is 17.8 Å². The molecule has 1 N–H and O–H groups in total. The van der Waals surface area contributed by atoms with Gasteiger partial charge in [-0.15, -0.1) is 0 Å². The molecule has 0 aliphatic carbocycles. The van der Waals surface area contributed by atoms with Gasteiger partial charge in [0.15, 0.2) is 0 Å². The van der Waals surface area contributed by atoms with Crippen LogP contribution < -0.4 is 10.1 Å². The molecule has 0 atom stereocenters. The van der Waals surface area contributed by atoms with Gasteiger partial charge in [-0.3, -0.25) is 9.48 Å². The lowest BCUT2D eigenvalue weighted by Crippen LogP contribution is -2.24. The molecular formula is C21H23N3O2. The third-order valence-electron chi connectivity index (χ3n) is 4.42. The molecule has 0 unspecified atom stereocenters. The first-order valence-electron chi connectivity index (χ1n) is 8.58. The summed E-state index contributed by atoms with van der Waals surface area (Å²) in [5.74, 6) is 0.645. The van der Waals surface area contributed by atoms with Crippen LogP contribution >= 0.6 is 0 Å². The van der Waals surface area contributed by atoms with Crippen LogP contribution in [-0.4, -0.2) is 22.8 Å². The van der Waals surface area contributed by atoms with Crippen molar-refractivity contribution >= 4 is 5.91 Å². The van der Waals surface area contributed by atoms with E-state index in [0.29, 0.717) is 18.7 Å². The van der Waals surface area contributed by atoms with Crippen LogP contribution in [-0.2, 0) is 13.1 Å². The zero-order chi connectivity index (χ0) is 18.5. The van der Waals surface area contributed by atoms with E-state index in [0.717, 1.165) is 28.3 Å². The van der Waals surface area contributed by atoms with Crippen molar-refractivity contribution in [3.8, 4) is 5.75 Å². The summed E-state index contributed by atoms with van der Waals surface area (Å²) in [7, 11) is 1.63. The molecule has 134 valence electrons. The highest BCUT2D eigenvalue weighted by molar-refractivity contribution is 5.96. The first-order chi connectivity index (χ1) is 12.6. The van der Waals surface area contributed by atoms with Crippen LogP contribution in [0.25, 0.3) is 0 Å². The Morgan fingerprint density at radius 3 is 2.50 bits per heavy atom. The van der Waals surface area contributed by atoms with Gasteiger partial charge in [0.25, 0.3) is 5.91 Å². The van der Waals surface area contributed by atoms with E-state index in [4.69, 9.17) is 4.74 Å². The second kappa shape index (κ2) is 7.87. The molecule has 26 heavy (non-hydrogen) atoms. The number of hydrogen-bond acceptors (Lipinski definition) is 3. The van der Waals surface area contributed by atoms with E-state index in [1.165, 1.54) is 0 Å². The van der Waals surface area contributed by atoms with Crippen molar-refractivity contribution in [1.82, 2.24) is 15.1 Å². The summed E-state index contributed by atoms with van der Waals surface area (Å²) in [5, 5.41) is 7.52. The lowest BCUT2D eigenvalue weighted by atomic mass is 10.1. The number of hydrogen-bond donors (Lipinski definition) is 1. The Labute approximate surface area is 153 Å². The molecular weight excluding hydrogens is 326 g/mol. The van der Waals surface area contributed by atoms with Gasteiger partial charge in [0.2, 0.25) is 0 Å². The molecule has 5 heteroatoms. The largest absolute Gasteiger partial charge is 0.496 e. The summed E-state index contributed by atoms with van der Waals surface area (Å²) in [6.45, 7) is 4.85. The Bertz CT molecular complexity index is 901. The molecule has 1 aromatic heterocycles. The number of carbonyl (C=O) groups excluding carboxylic acids is 1. The minimum absolute atomic E-state index is 0.120. The number of carbonyl (C=O) groups is 1. The number of nitrogens with zero attached hydrogens (tertiary/aromatic N) is 2. The number of methoxy groups -OCH3 is 1. The summed E-state index contributed by atoms with van der Waals surface area (Å²) < 4.78 is 7.21. The van der Waals surface area contributed by atoms with E-state index in [-0.39, 0.29) is 5.91 Å². The Morgan fingerprint density at radius 2 is 1.77 bits per heavy atom. The molecule has 0 aliphatic heterocycles. The van der Waals surface area contributed by atoms with Crippen molar-refractivity contribution < 1.29 is 9.53 Å². The van der Waals surface area contributed by atoms with Crippen molar-refractivity contribution in [2.75, 3.05) is 7.11 Å². The van der Waals surface area contributed by atoms with Crippen LogP contribution in [0.4, 0.5) is 0 Å². The standard InChI is InChI=1S/C21H23N3O2/c1-15-20(16(2)24(23-15)14-17-9-5-4-6-10-17)21(25)22-13-18-11-7-8-12-19(18)26-3/h4-12H,13-14H2,1-3H3,(H,22,25). The van der Waals surface area contributed by atoms with Gasteiger partial charge in [-0.25, -0.2) is 0 Å². The van der Waals surface area contributed by atoms with Crippen LogP contribution in [0.5, 0.6) is 5.75 Å². The summed E-state index contributed by atoms with van der Waals surface area (Å²) in [6.07, 6.45) is 0. The Morgan fingerprint density at radius 1 is 1.08 bits per heavy atom. The third-order valence-corrected chi connectivity index (χ3v) is 4.42. The SMILES string of the molecule is COc1ccccc1CNC(=O)c1c(C)nn(Cc2ccccc2)c1C. The van der Waals surface area contributed by atoms with Crippen molar-refractivity contribution in [3.05, 3.63) is 82.7 Å². The zero-order valence-corrected chi connectivity index (χ0v) is 15.3. The van der Waals surface area contributed by atoms with Gasteiger partial charge in [-0.1, -0.05) is 48.5 Å². The number of para-hydroxylation sites is 1. The quantitative estimate of drug-likeness (QED) is 0.741. The second-order valence-corrected chi connectivity index (χ2v) is 6.18. The minimum atomic E-state index is -0.120. The Balaban J connectivity index is 1.75. The smallest absolute Gasteiger partial charge is 0.255 e. The molecule has 0 aliphatic rings. The van der Waals surface area contributed by atoms with Gasteiger partial charge < -0.3 is 10.1 Å². The first kappa shape index (κ1) is 17.7. The fourth-order valence-electron chi connectivity index (χ4n) is 3.05. The third kappa shape index (κ3) is 3.77. The van der Waals surface area contributed by atoms with Crippen LogP contribution in [0.2, 0.25) is 0 Å². The molecule has 0 spiro atoms. The lowest BCUT2D eigenvalue weighted by molar-refractivity contribution is 0.0949. The monoisotopic (exact) mass is 349 g/mol. The van der Waals surface area contributed by atoms with Gasteiger partial charge in [0.05, 0.1) is 24.9 Å². The highest BCUT2D eigenvalue weighted by Gasteiger charge is 2.19. The number of amides is 1. The Kier molecular flexibility index (Phi) is 5.37. The van der Waals surface area contributed by atoms with Gasteiger partial charge in [-0.2, -0.15) is 5.10 Å². The number of aromatic nitrogens is 2.